The van der Waals surface area contributed by atoms with E-state index in [9.17, 15) is 9.59 Å². The molecule has 0 saturated carbocycles. The molecular formula is C10H9BrCl2N2O3. The van der Waals surface area contributed by atoms with Crippen LogP contribution in [0.4, 0.5) is 10.5 Å². The summed E-state index contributed by atoms with van der Waals surface area (Å²) in [4.78, 5) is 22.0. The van der Waals surface area contributed by atoms with Gasteiger partial charge in [-0.3, -0.25) is 4.79 Å². The normalized spacial score (nSPS) is 11.8. The van der Waals surface area contributed by atoms with Gasteiger partial charge < -0.3 is 15.7 Å². The molecule has 8 heteroatoms. The Kier molecular flexibility index (Phi) is 5.25. The van der Waals surface area contributed by atoms with E-state index in [-0.39, 0.29) is 10.0 Å². The maximum Gasteiger partial charge on any atom is 0.325 e. The fourth-order valence-electron chi connectivity index (χ4n) is 1.04. The van der Waals surface area contributed by atoms with E-state index in [1.165, 1.54) is 6.92 Å². The molecule has 1 aromatic carbocycles. The van der Waals surface area contributed by atoms with Crippen molar-refractivity contribution in [2.45, 2.75) is 13.0 Å². The van der Waals surface area contributed by atoms with Crippen LogP contribution in [0.5, 0.6) is 0 Å². The highest BCUT2D eigenvalue weighted by molar-refractivity contribution is 9.10. The van der Waals surface area contributed by atoms with Crippen LogP contribution >= 0.6 is 39.1 Å². The number of rotatable bonds is 3. The molecular weight excluding hydrogens is 347 g/mol. The SMILES string of the molecule is C[C@@H](NC(=O)Nc1ccc(Br)c(Cl)c1Cl)C(=O)O. The zero-order valence-corrected chi connectivity index (χ0v) is 12.2. The molecule has 1 atom stereocenters. The predicted octanol–water partition coefficient (Wildman–Crippen LogP) is 3.35. The molecule has 0 bridgehead atoms. The minimum Gasteiger partial charge on any atom is -0.480 e. The van der Waals surface area contributed by atoms with Gasteiger partial charge in [0.25, 0.3) is 0 Å². The molecule has 0 aliphatic carbocycles. The van der Waals surface area contributed by atoms with Crippen molar-refractivity contribution in [3.8, 4) is 0 Å². The monoisotopic (exact) mass is 354 g/mol. The zero-order chi connectivity index (χ0) is 13.9. The van der Waals surface area contributed by atoms with Gasteiger partial charge in [0.2, 0.25) is 0 Å². The standard InChI is InChI=1S/C10H9BrCl2N2O3/c1-4(9(16)17)14-10(18)15-6-3-2-5(11)7(12)8(6)13/h2-4H,1H3,(H,16,17)(H2,14,15,18)/t4-/m1/s1. The van der Waals surface area contributed by atoms with Gasteiger partial charge in [-0.2, -0.15) is 0 Å². The number of benzene rings is 1. The lowest BCUT2D eigenvalue weighted by molar-refractivity contribution is -0.138. The van der Waals surface area contributed by atoms with Gasteiger partial charge in [-0.25, -0.2) is 4.79 Å². The van der Waals surface area contributed by atoms with E-state index in [1.54, 1.807) is 12.1 Å². The summed E-state index contributed by atoms with van der Waals surface area (Å²) in [6, 6.07) is 1.48. The molecule has 0 unspecified atom stereocenters. The van der Waals surface area contributed by atoms with E-state index in [4.69, 9.17) is 28.3 Å². The maximum absolute atomic E-state index is 11.5. The van der Waals surface area contributed by atoms with Crippen LogP contribution in [0.15, 0.2) is 16.6 Å². The molecule has 0 aliphatic heterocycles. The van der Waals surface area contributed by atoms with Crippen molar-refractivity contribution in [2.24, 2.45) is 0 Å². The van der Waals surface area contributed by atoms with Crippen molar-refractivity contribution in [3.63, 3.8) is 0 Å². The van der Waals surface area contributed by atoms with Crippen LogP contribution in [0.3, 0.4) is 0 Å². The van der Waals surface area contributed by atoms with Gasteiger partial charge in [-0.1, -0.05) is 23.2 Å². The maximum atomic E-state index is 11.5. The average molecular weight is 356 g/mol. The second-order valence-electron chi connectivity index (χ2n) is 3.38. The number of nitrogens with one attached hydrogen (secondary N) is 2. The summed E-state index contributed by atoms with van der Waals surface area (Å²) < 4.78 is 0.596. The van der Waals surface area contributed by atoms with Crippen molar-refractivity contribution in [1.29, 1.82) is 0 Å². The minimum absolute atomic E-state index is 0.171. The van der Waals surface area contributed by atoms with Crippen molar-refractivity contribution in [1.82, 2.24) is 5.32 Å². The van der Waals surface area contributed by atoms with Crippen LogP contribution in [-0.4, -0.2) is 23.1 Å². The zero-order valence-electron chi connectivity index (χ0n) is 9.13. The van der Waals surface area contributed by atoms with E-state index < -0.39 is 18.0 Å². The number of halogens is 3. The number of carbonyl (C=O) groups is 2. The van der Waals surface area contributed by atoms with Gasteiger partial charge >= 0.3 is 12.0 Å². The summed E-state index contributed by atoms with van der Waals surface area (Å²) in [6.07, 6.45) is 0. The van der Waals surface area contributed by atoms with Gasteiger partial charge in [-0.15, -0.1) is 0 Å². The third-order valence-corrected chi connectivity index (χ3v) is 3.77. The highest BCUT2D eigenvalue weighted by Gasteiger charge is 2.15. The summed E-state index contributed by atoms with van der Waals surface area (Å²) in [6.45, 7) is 1.35. The molecule has 98 valence electrons. The van der Waals surface area contributed by atoms with Crippen LogP contribution in [-0.2, 0) is 4.79 Å². The number of hydrogen-bond donors (Lipinski definition) is 3. The van der Waals surface area contributed by atoms with Gasteiger partial charge in [0.15, 0.2) is 0 Å². The summed E-state index contributed by atoms with van der Waals surface area (Å²) in [5.41, 5.74) is 0.292. The first-order chi connectivity index (χ1) is 8.32. The molecule has 2 amide bonds. The Morgan fingerprint density at radius 2 is 1.94 bits per heavy atom. The third kappa shape index (κ3) is 3.76. The fourth-order valence-corrected chi connectivity index (χ4v) is 1.86. The van der Waals surface area contributed by atoms with E-state index in [0.29, 0.717) is 10.2 Å². The lowest BCUT2D eigenvalue weighted by atomic mass is 10.3. The van der Waals surface area contributed by atoms with E-state index in [2.05, 4.69) is 26.6 Å². The number of urea groups is 1. The first-order valence-electron chi connectivity index (χ1n) is 4.76. The molecule has 0 radical (unpaired) electrons. The molecule has 0 heterocycles. The Hall–Kier alpha value is -0.980. The Morgan fingerprint density at radius 1 is 1.33 bits per heavy atom. The molecule has 0 fully saturated rings. The Bertz CT molecular complexity index is 496. The Labute approximate surface area is 122 Å². The highest BCUT2D eigenvalue weighted by atomic mass is 79.9. The van der Waals surface area contributed by atoms with Gasteiger partial charge in [-0.05, 0) is 35.0 Å². The number of carboxylic acid groups (broad SMARTS) is 1. The number of amides is 2. The van der Waals surface area contributed by atoms with Gasteiger partial charge in [0.05, 0.1) is 15.7 Å². The summed E-state index contributed by atoms with van der Waals surface area (Å²) in [5.74, 6) is -1.13. The molecule has 18 heavy (non-hydrogen) atoms. The Balaban J connectivity index is 2.77. The largest absolute Gasteiger partial charge is 0.480 e. The smallest absolute Gasteiger partial charge is 0.325 e. The lowest BCUT2D eigenvalue weighted by Gasteiger charge is -2.12. The molecule has 0 aromatic heterocycles. The first-order valence-corrected chi connectivity index (χ1v) is 6.31. The molecule has 1 rings (SSSR count). The van der Waals surface area contributed by atoms with E-state index >= 15 is 0 Å². The minimum atomic E-state index is -1.13. The average Bonchev–Trinajstić information content (AvgIpc) is 2.29. The molecule has 0 aliphatic rings. The van der Waals surface area contributed by atoms with Crippen LogP contribution in [0.2, 0.25) is 10.0 Å². The number of carbonyl (C=O) groups excluding carboxylic acids is 1. The highest BCUT2D eigenvalue weighted by Crippen LogP contribution is 2.35. The summed E-state index contributed by atoms with van der Waals surface area (Å²) in [7, 11) is 0. The van der Waals surface area contributed by atoms with Crippen LogP contribution < -0.4 is 10.6 Å². The van der Waals surface area contributed by atoms with Crippen LogP contribution in [0.25, 0.3) is 0 Å². The lowest BCUT2D eigenvalue weighted by Crippen LogP contribution is -2.40. The van der Waals surface area contributed by atoms with Crippen molar-refractivity contribution >= 4 is 56.8 Å². The molecule has 5 nitrogen and oxygen atoms in total. The van der Waals surface area contributed by atoms with Gasteiger partial charge in [0, 0.05) is 4.47 Å². The van der Waals surface area contributed by atoms with Crippen LogP contribution in [0.1, 0.15) is 6.92 Å². The fraction of sp³-hybridized carbons (Fsp3) is 0.200. The van der Waals surface area contributed by atoms with E-state index in [0.717, 1.165) is 0 Å². The number of aliphatic carboxylic acids is 1. The topological polar surface area (TPSA) is 78.4 Å². The third-order valence-electron chi connectivity index (χ3n) is 2.00. The molecule has 1 aromatic rings. The van der Waals surface area contributed by atoms with Gasteiger partial charge in [0.1, 0.15) is 6.04 Å². The summed E-state index contributed by atoms with van der Waals surface area (Å²) >= 11 is 15.0. The van der Waals surface area contributed by atoms with Crippen LogP contribution in [0, 0.1) is 0 Å². The predicted molar refractivity (Wildman–Crippen MR) is 73.4 cm³/mol. The van der Waals surface area contributed by atoms with Crippen molar-refractivity contribution < 1.29 is 14.7 Å². The summed E-state index contributed by atoms with van der Waals surface area (Å²) in [5, 5.41) is 13.7. The number of carboxylic acids is 1. The molecule has 0 spiro atoms. The second-order valence-corrected chi connectivity index (χ2v) is 4.99. The quantitative estimate of drug-likeness (QED) is 0.727. The molecule has 0 saturated heterocycles. The Morgan fingerprint density at radius 3 is 2.50 bits per heavy atom. The van der Waals surface area contributed by atoms with E-state index in [1.807, 2.05) is 0 Å². The first kappa shape index (κ1) is 15.1. The van der Waals surface area contributed by atoms with Crippen molar-refractivity contribution in [3.05, 3.63) is 26.7 Å². The molecule has 3 N–H and O–H groups in total. The second kappa shape index (κ2) is 6.26. The van der Waals surface area contributed by atoms with Crippen molar-refractivity contribution in [2.75, 3.05) is 5.32 Å². The number of anilines is 1. The number of hydrogen-bond acceptors (Lipinski definition) is 2.